The van der Waals surface area contributed by atoms with E-state index in [1.807, 2.05) is 4.90 Å². The molecule has 6 nitrogen and oxygen atoms in total. The van der Waals surface area contributed by atoms with Gasteiger partial charge in [-0.3, -0.25) is 4.79 Å². The first-order chi connectivity index (χ1) is 20.0. The molecule has 3 saturated carbocycles. The highest BCUT2D eigenvalue weighted by molar-refractivity contribution is 6.10. The van der Waals surface area contributed by atoms with Crippen LogP contribution in [-0.4, -0.2) is 60.4 Å². The number of Topliss-reactive ketones (excluding diaryl/α,β-unsaturated/α-hetero) is 1. The number of nitrogens with zero attached hydrogens (tertiary/aromatic N) is 1. The van der Waals surface area contributed by atoms with Crippen LogP contribution < -0.4 is 0 Å². The van der Waals surface area contributed by atoms with E-state index < -0.39 is 34.2 Å². The molecule has 1 heterocycles. The largest absolute Gasteiger partial charge is 0.440 e. The van der Waals surface area contributed by atoms with Crippen molar-refractivity contribution < 1.29 is 33.0 Å². The lowest BCUT2D eigenvalue weighted by Crippen LogP contribution is -2.67. The van der Waals surface area contributed by atoms with Crippen molar-refractivity contribution >= 4 is 11.9 Å². The summed E-state index contributed by atoms with van der Waals surface area (Å²) in [4.78, 5) is 29.4. The van der Waals surface area contributed by atoms with Gasteiger partial charge in [0.15, 0.2) is 17.4 Å². The van der Waals surface area contributed by atoms with Crippen molar-refractivity contribution in [1.82, 2.24) is 4.90 Å². The number of benzene rings is 1. The van der Waals surface area contributed by atoms with Crippen LogP contribution in [0.2, 0.25) is 0 Å². The number of ketones is 1. The minimum atomic E-state index is -1.04. The van der Waals surface area contributed by atoms with Crippen LogP contribution in [-0.2, 0) is 9.47 Å². The molecule has 0 unspecified atom stereocenters. The normalized spacial score (nSPS) is 43.2. The maximum atomic E-state index is 14.5. The molecular formula is C34H41F2NO5. The molecule has 42 heavy (non-hydrogen) atoms. The average molecular weight is 582 g/mol. The summed E-state index contributed by atoms with van der Waals surface area (Å²) < 4.78 is 39.9. The second-order valence-electron chi connectivity index (χ2n) is 14.4. The quantitative estimate of drug-likeness (QED) is 0.245. The van der Waals surface area contributed by atoms with Gasteiger partial charge in [0, 0.05) is 47.6 Å². The van der Waals surface area contributed by atoms with E-state index in [0.29, 0.717) is 31.7 Å². The molecular weight excluding hydrogens is 540 g/mol. The maximum absolute atomic E-state index is 14.5. The zero-order chi connectivity index (χ0) is 29.7. The highest BCUT2D eigenvalue weighted by Crippen LogP contribution is 2.79. The van der Waals surface area contributed by atoms with Crippen LogP contribution in [0.1, 0.15) is 75.6 Å². The Balaban J connectivity index is 1.34. The third kappa shape index (κ3) is 3.42. The summed E-state index contributed by atoms with van der Waals surface area (Å²) in [5, 5.41) is 10.8. The van der Waals surface area contributed by atoms with Crippen LogP contribution in [0.4, 0.5) is 13.6 Å². The number of carbonyl (C=O) groups excluding carboxylic acids is 2. The number of carbonyl (C=O) groups is 2. The Labute approximate surface area is 246 Å². The number of methoxy groups -OCH3 is 1. The number of allylic oxidation sites excluding steroid dienone is 4. The monoisotopic (exact) mass is 581 g/mol. The predicted molar refractivity (Wildman–Crippen MR) is 152 cm³/mol. The molecule has 6 aliphatic carbocycles. The molecule has 226 valence electrons. The number of halogens is 2. The Morgan fingerprint density at radius 3 is 2.57 bits per heavy atom. The van der Waals surface area contributed by atoms with Gasteiger partial charge in [0.25, 0.3) is 0 Å². The number of ether oxygens (including phenoxy) is 2. The molecule has 3 spiro atoms. The molecule has 1 saturated heterocycles. The molecule has 8 atom stereocenters. The van der Waals surface area contributed by atoms with Gasteiger partial charge in [0.2, 0.25) is 0 Å². The molecule has 1 aliphatic heterocycles. The topological polar surface area (TPSA) is 76.1 Å². The van der Waals surface area contributed by atoms with Gasteiger partial charge >= 0.3 is 6.09 Å². The van der Waals surface area contributed by atoms with E-state index in [2.05, 4.69) is 32.1 Å². The van der Waals surface area contributed by atoms with E-state index in [9.17, 15) is 23.5 Å². The SMILES string of the molecule is COCCCN1C[C@@]2(CC[C@H]3[C@]45C=C[C@@]6(C=C4C(=O)c4ccc(F)c(F)c4)C[C@@H](O)CC[C@]6(C)[C@H]5CC[C@@]32C)OC1=O. The molecule has 0 aromatic heterocycles. The fraction of sp³-hybridized carbons (Fsp3) is 0.647. The summed E-state index contributed by atoms with van der Waals surface area (Å²) in [5.74, 6) is -2.14. The minimum absolute atomic E-state index is 0.0224. The minimum Gasteiger partial charge on any atom is -0.440 e. The van der Waals surface area contributed by atoms with Gasteiger partial charge in [0.1, 0.15) is 5.60 Å². The lowest BCUT2D eigenvalue weighted by Gasteiger charge is -2.71. The first-order valence-electron chi connectivity index (χ1n) is 15.5. The summed E-state index contributed by atoms with van der Waals surface area (Å²) in [7, 11) is 1.65. The summed E-state index contributed by atoms with van der Waals surface area (Å²) in [6.45, 7) is 6.25. The Bertz CT molecular complexity index is 1410. The number of hydrogen-bond donors (Lipinski definition) is 1. The van der Waals surface area contributed by atoms with Crippen LogP contribution >= 0.6 is 0 Å². The molecule has 0 radical (unpaired) electrons. The Morgan fingerprint density at radius 1 is 1.07 bits per heavy atom. The highest BCUT2D eigenvalue weighted by Gasteiger charge is 2.76. The van der Waals surface area contributed by atoms with Gasteiger partial charge in [-0.15, -0.1) is 0 Å². The highest BCUT2D eigenvalue weighted by atomic mass is 19.2. The van der Waals surface area contributed by atoms with Gasteiger partial charge in [-0.1, -0.05) is 32.1 Å². The summed E-state index contributed by atoms with van der Waals surface area (Å²) in [5.41, 5.74) is -1.53. The van der Waals surface area contributed by atoms with Crippen molar-refractivity contribution in [2.75, 3.05) is 26.8 Å². The zero-order valence-electron chi connectivity index (χ0n) is 24.8. The standard InChI is InChI=1S/C34H41F2NO5/c1-30-10-7-22(38)18-32(30)13-14-34(23(19-32)28(39)21-5-6-24(35)25(36)17-21)26(30)8-11-31(2)27(34)9-12-33(31)20-37(29(40)42-33)15-4-16-41-3/h5-6,13-14,17,19,22,26-27,38H,4,7-12,15-16,18,20H2,1-3H3/t22-,26+,27+,30+,31-,32-,33+,34+/m0/s1. The van der Waals surface area contributed by atoms with E-state index in [0.717, 1.165) is 57.1 Å². The fourth-order valence-electron chi connectivity index (χ4n) is 10.7. The van der Waals surface area contributed by atoms with E-state index in [1.165, 1.54) is 6.07 Å². The molecule has 1 N–H and O–H groups in total. The smallest absolute Gasteiger partial charge is 0.410 e. The number of fused-ring (bicyclic) bond motifs is 2. The van der Waals surface area contributed by atoms with Gasteiger partial charge in [-0.25, -0.2) is 13.6 Å². The van der Waals surface area contributed by atoms with Gasteiger partial charge in [-0.2, -0.15) is 0 Å². The van der Waals surface area contributed by atoms with Crippen LogP contribution in [0.15, 0.2) is 42.0 Å². The van der Waals surface area contributed by atoms with Crippen LogP contribution in [0.3, 0.4) is 0 Å². The summed E-state index contributed by atoms with van der Waals surface area (Å²) in [6.07, 6.45) is 12.0. The third-order valence-corrected chi connectivity index (χ3v) is 12.9. The summed E-state index contributed by atoms with van der Waals surface area (Å²) in [6, 6.07) is 3.41. The van der Waals surface area contributed by atoms with E-state index >= 15 is 0 Å². The Kier molecular flexibility index (Phi) is 6.19. The number of aliphatic hydroxyl groups excluding tert-OH is 1. The molecule has 1 amide bonds. The maximum Gasteiger partial charge on any atom is 0.410 e. The predicted octanol–water partition coefficient (Wildman–Crippen LogP) is 6.24. The molecule has 8 rings (SSSR count). The van der Waals surface area contributed by atoms with Crippen molar-refractivity contribution in [3.05, 3.63) is 59.2 Å². The first-order valence-corrected chi connectivity index (χ1v) is 15.5. The molecule has 2 bridgehead atoms. The van der Waals surface area contributed by atoms with Crippen LogP contribution in [0.25, 0.3) is 0 Å². The first kappa shape index (κ1) is 28.2. The average Bonchev–Trinajstić information content (AvgIpc) is 3.44. The fourth-order valence-corrected chi connectivity index (χ4v) is 10.7. The molecule has 7 aliphatic rings. The Morgan fingerprint density at radius 2 is 1.81 bits per heavy atom. The second kappa shape index (κ2) is 9.21. The van der Waals surface area contributed by atoms with E-state index in [1.54, 1.807) is 7.11 Å². The van der Waals surface area contributed by atoms with Crippen molar-refractivity contribution in [3.8, 4) is 0 Å². The lowest BCUT2D eigenvalue weighted by molar-refractivity contribution is -0.164. The number of amides is 1. The molecule has 8 heteroatoms. The van der Waals surface area contributed by atoms with Gasteiger partial charge in [0.05, 0.1) is 12.6 Å². The second-order valence-corrected chi connectivity index (χ2v) is 14.4. The number of hydrogen-bond acceptors (Lipinski definition) is 5. The summed E-state index contributed by atoms with van der Waals surface area (Å²) >= 11 is 0. The zero-order valence-corrected chi connectivity index (χ0v) is 24.8. The number of rotatable bonds is 6. The van der Waals surface area contributed by atoms with Crippen molar-refractivity contribution in [2.24, 2.45) is 33.5 Å². The van der Waals surface area contributed by atoms with Gasteiger partial charge < -0.3 is 19.5 Å². The van der Waals surface area contributed by atoms with Gasteiger partial charge in [-0.05, 0) is 86.8 Å². The van der Waals surface area contributed by atoms with E-state index in [4.69, 9.17) is 9.47 Å². The third-order valence-electron chi connectivity index (χ3n) is 12.9. The molecule has 1 aromatic carbocycles. The van der Waals surface area contributed by atoms with Crippen LogP contribution in [0.5, 0.6) is 0 Å². The number of aliphatic hydroxyl groups is 1. The Hall–Kier alpha value is -2.58. The van der Waals surface area contributed by atoms with Crippen LogP contribution in [0, 0.1) is 45.1 Å². The van der Waals surface area contributed by atoms with Crippen molar-refractivity contribution in [1.29, 1.82) is 0 Å². The van der Waals surface area contributed by atoms with Crippen molar-refractivity contribution in [3.63, 3.8) is 0 Å². The molecule has 1 aromatic rings. The molecule has 4 fully saturated rings. The lowest BCUT2D eigenvalue weighted by atomic mass is 9.32. The van der Waals surface area contributed by atoms with Crippen molar-refractivity contribution in [2.45, 2.75) is 76.9 Å². The van der Waals surface area contributed by atoms with E-state index in [-0.39, 0.29) is 40.1 Å².